The number of aromatic nitrogens is 1. The number of hydrogen-bond acceptors (Lipinski definition) is 6. The van der Waals surface area contributed by atoms with Gasteiger partial charge in [0, 0.05) is 31.6 Å². The predicted molar refractivity (Wildman–Crippen MR) is 95.0 cm³/mol. The molecule has 24 heavy (non-hydrogen) atoms. The molecule has 2 atom stereocenters. The number of thiazole rings is 1. The van der Waals surface area contributed by atoms with E-state index >= 15 is 0 Å². The third-order valence-corrected chi connectivity index (χ3v) is 4.88. The molecule has 0 unspecified atom stereocenters. The molecule has 2 rings (SSSR count). The number of hydrogen-bond donors (Lipinski definition) is 1. The normalized spacial score (nSPS) is 21.5. The first-order chi connectivity index (χ1) is 11.4. The van der Waals surface area contributed by atoms with Crippen LogP contribution in [-0.2, 0) is 16.1 Å². The molecule has 0 saturated carbocycles. The van der Waals surface area contributed by atoms with Crippen LogP contribution in [-0.4, -0.2) is 84.5 Å². The molecule has 2 heterocycles. The molecule has 1 aromatic heterocycles. The van der Waals surface area contributed by atoms with E-state index in [0.29, 0.717) is 12.6 Å². The number of carboxylic acid groups (broad SMARTS) is 1. The fourth-order valence-electron chi connectivity index (χ4n) is 2.96. The lowest BCUT2D eigenvalue weighted by atomic mass is 10.00. The van der Waals surface area contributed by atoms with E-state index in [0.717, 1.165) is 31.6 Å². The van der Waals surface area contributed by atoms with Crippen molar-refractivity contribution >= 4 is 23.7 Å². The summed E-state index contributed by atoms with van der Waals surface area (Å²) in [5, 5.41) is 8.89. The van der Waals surface area contributed by atoms with Gasteiger partial charge in [-0.2, -0.15) is 0 Å². The quantitative estimate of drug-likeness (QED) is 0.814. The van der Waals surface area contributed by atoms with Crippen LogP contribution in [0.15, 0.2) is 10.9 Å². The molecule has 0 spiro atoms. The minimum absolute atomic E-state index is 0.101. The van der Waals surface area contributed by atoms with Crippen molar-refractivity contribution in [3.05, 3.63) is 16.6 Å². The van der Waals surface area contributed by atoms with E-state index < -0.39 is 0 Å². The standard InChI is InChI=1S/C15H26N4OS.CH2O2/c1-17(2)14-6-5-12(7-18(3)9-14)15(20)19(4)8-13-10-21-11-16-13;2-1-3/h10-12,14H,5-9H2,1-4H3;1H,(H,2,3)/t12-,14+;/m1./s1. The first kappa shape index (κ1) is 20.5. The van der Waals surface area contributed by atoms with Gasteiger partial charge >= 0.3 is 0 Å². The number of likely N-dealkylation sites (N-methyl/N-ethyl adjacent to an activating group) is 2. The minimum Gasteiger partial charge on any atom is -0.483 e. The monoisotopic (exact) mass is 356 g/mol. The maximum Gasteiger partial charge on any atom is 0.290 e. The molecule has 136 valence electrons. The number of carbonyl (C=O) groups excluding carboxylic acids is 1. The van der Waals surface area contributed by atoms with Crippen molar-refractivity contribution < 1.29 is 14.7 Å². The van der Waals surface area contributed by atoms with Gasteiger partial charge in [-0.05, 0) is 34.0 Å². The number of rotatable bonds is 4. The summed E-state index contributed by atoms with van der Waals surface area (Å²) in [5.41, 5.74) is 2.79. The van der Waals surface area contributed by atoms with Crippen molar-refractivity contribution in [2.45, 2.75) is 25.4 Å². The summed E-state index contributed by atoms with van der Waals surface area (Å²) in [7, 11) is 8.24. The van der Waals surface area contributed by atoms with Gasteiger partial charge in [0.25, 0.3) is 6.47 Å². The Morgan fingerprint density at radius 1 is 1.42 bits per heavy atom. The fraction of sp³-hybridized carbons (Fsp3) is 0.688. The molecule has 1 saturated heterocycles. The van der Waals surface area contributed by atoms with E-state index in [1.54, 1.807) is 11.3 Å². The van der Waals surface area contributed by atoms with Crippen molar-refractivity contribution in [2.24, 2.45) is 5.92 Å². The number of nitrogens with zero attached hydrogens (tertiary/aromatic N) is 4. The smallest absolute Gasteiger partial charge is 0.290 e. The molecule has 0 aromatic carbocycles. The fourth-order valence-corrected chi connectivity index (χ4v) is 3.51. The van der Waals surface area contributed by atoms with Gasteiger partial charge in [-0.15, -0.1) is 11.3 Å². The Morgan fingerprint density at radius 3 is 2.62 bits per heavy atom. The lowest BCUT2D eigenvalue weighted by Gasteiger charge is -2.26. The van der Waals surface area contributed by atoms with E-state index in [2.05, 4.69) is 35.9 Å². The van der Waals surface area contributed by atoms with Crippen molar-refractivity contribution in [1.82, 2.24) is 19.7 Å². The summed E-state index contributed by atoms with van der Waals surface area (Å²) in [5.74, 6) is 0.345. The highest BCUT2D eigenvalue weighted by Gasteiger charge is 2.29. The van der Waals surface area contributed by atoms with Crippen LogP contribution in [0.5, 0.6) is 0 Å². The molecule has 1 aliphatic heterocycles. The SMILES string of the molecule is CN1C[C@H](C(=O)N(C)Cc2cscn2)CC[C@H](N(C)C)C1.O=CO. The van der Waals surface area contributed by atoms with Crippen LogP contribution in [0.4, 0.5) is 0 Å². The van der Waals surface area contributed by atoms with Crippen LogP contribution in [0.3, 0.4) is 0 Å². The molecule has 1 aromatic rings. The largest absolute Gasteiger partial charge is 0.483 e. The maximum absolute atomic E-state index is 12.7. The van der Waals surface area contributed by atoms with Crippen LogP contribution in [0, 0.1) is 5.92 Å². The Labute approximate surface area is 147 Å². The van der Waals surface area contributed by atoms with Gasteiger partial charge in [-0.1, -0.05) is 0 Å². The van der Waals surface area contributed by atoms with Gasteiger partial charge in [-0.25, -0.2) is 4.98 Å². The molecule has 0 bridgehead atoms. The Morgan fingerprint density at radius 2 is 2.08 bits per heavy atom. The number of amides is 1. The summed E-state index contributed by atoms with van der Waals surface area (Å²) in [6, 6.07) is 0.539. The minimum atomic E-state index is -0.250. The molecule has 0 radical (unpaired) electrons. The van der Waals surface area contributed by atoms with Crippen molar-refractivity contribution in [1.29, 1.82) is 0 Å². The predicted octanol–water partition coefficient (Wildman–Crippen LogP) is 1.07. The highest BCUT2D eigenvalue weighted by atomic mass is 32.1. The van der Waals surface area contributed by atoms with E-state index in [4.69, 9.17) is 9.90 Å². The third-order valence-electron chi connectivity index (χ3n) is 4.24. The first-order valence-electron chi connectivity index (χ1n) is 7.93. The molecule has 1 aliphatic rings. The highest BCUT2D eigenvalue weighted by Crippen LogP contribution is 2.20. The van der Waals surface area contributed by atoms with Gasteiger partial charge in [-0.3, -0.25) is 9.59 Å². The van der Waals surface area contributed by atoms with Crippen molar-refractivity contribution in [3.63, 3.8) is 0 Å². The number of carbonyl (C=O) groups is 2. The average molecular weight is 356 g/mol. The lowest BCUT2D eigenvalue weighted by molar-refractivity contribution is -0.135. The van der Waals surface area contributed by atoms with Gasteiger partial charge in [0.2, 0.25) is 5.91 Å². The molecule has 1 fully saturated rings. The van der Waals surface area contributed by atoms with E-state index in [1.807, 2.05) is 22.8 Å². The van der Waals surface area contributed by atoms with Crippen LogP contribution in [0.25, 0.3) is 0 Å². The topological polar surface area (TPSA) is 77.0 Å². The van der Waals surface area contributed by atoms with E-state index in [1.165, 1.54) is 0 Å². The zero-order valence-corrected chi connectivity index (χ0v) is 15.7. The molecule has 8 heteroatoms. The summed E-state index contributed by atoms with van der Waals surface area (Å²) < 4.78 is 0. The van der Waals surface area contributed by atoms with Gasteiger partial charge in [0.1, 0.15) is 0 Å². The molecule has 7 nitrogen and oxygen atoms in total. The van der Waals surface area contributed by atoms with Crippen molar-refractivity contribution in [3.8, 4) is 0 Å². The number of likely N-dealkylation sites (tertiary alicyclic amines) is 1. The first-order valence-corrected chi connectivity index (χ1v) is 8.88. The van der Waals surface area contributed by atoms with E-state index in [-0.39, 0.29) is 18.3 Å². The van der Waals surface area contributed by atoms with Crippen LogP contribution < -0.4 is 0 Å². The van der Waals surface area contributed by atoms with Crippen LogP contribution in [0.2, 0.25) is 0 Å². The van der Waals surface area contributed by atoms with E-state index in [9.17, 15) is 4.79 Å². The zero-order chi connectivity index (χ0) is 18.1. The molecular formula is C16H28N4O3S. The van der Waals surface area contributed by atoms with Gasteiger partial charge in [0.15, 0.2) is 0 Å². The Hall–Kier alpha value is -1.51. The van der Waals surface area contributed by atoms with Crippen LogP contribution >= 0.6 is 11.3 Å². The molecule has 0 aliphatic carbocycles. The second kappa shape index (κ2) is 10.4. The maximum atomic E-state index is 12.7. The lowest BCUT2D eigenvalue weighted by Crippen LogP contribution is -2.39. The summed E-state index contributed by atoms with van der Waals surface area (Å²) in [6.07, 6.45) is 2.05. The second-order valence-electron chi connectivity index (χ2n) is 6.39. The van der Waals surface area contributed by atoms with Crippen molar-refractivity contribution in [2.75, 3.05) is 41.3 Å². The van der Waals surface area contributed by atoms with Crippen LogP contribution in [0.1, 0.15) is 18.5 Å². The summed E-state index contributed by atoms with van der Waals surface area (Å²) in [4.78, 5) is 31.7. The molecular weight excluding hydrogens is 328 g/mol. The second-order valence-corrected chi connectivity index (χ2v) is 7.11. The summed E-state index contributed by atoms with van der Waals surface area (Å²) in [6.45, 7) is 2.25. The Kier molecular flexibility index (Phi) is 8.88. The molecule has 1 amide bonds. The molecule has 1 N–H and O–H groups in total. The van der Waals surface area contributed by atoms with Gasteiger partial charge < -0.3 is 19.8 Å². The summed E-state index contributed by atoms with van der Waals surface area (Å²) >= 11 is 1.57. The Bertz CT molecular complexity index is 496. The highest BCUT2D eigenvalue weighted by molar-refractivity contribution is 7.07. The average Bonchev–Trinajstić information content (AvgIpc) is 2.94. The van der Waals surface area contributed by atoms with Gasteiger partial charge in [0.05, 0.1) is 23.7 Å². The zero-order valence-electron chi connectivity index (χ0n) is 14.9. The third kappa shape index (κ3) is 6.54. The Balaban J connectivity index is 0.000000891.